The summed E-state index contributed by atoms with van der Waals surface area (Å²) in [7, 11) is 0. The normalized spacial score (nSPS) is 16.1. The van der Waals surface area contributed by atoms with Gasteiger partial charge in [-0.15, -0.1) is 11.8 Å². The molecule has 2 rings (SSSR count). The molecule has 1 heterocycles. The number of hydrogen-bond acceptors (Lipinski definition) is 5. The molecule has 0 bridgehead atoms. The number of aromatic nitrogens is 2. The molecule has 0 spiro atoms. The first-order valence-electron chi connectivity index (χ1n) is 6.65. The fraction of sp³-hybridized carbons (Fsp3) is 0.692. The Morgan fingerprint density at radius 2 is 2.11 bits per heavy atom. The maximum Gasteiger partial charge on any atom is 0.190 e. The van der Waals surface area contributed by atoms with Gasteiger partial charge < -0.3 is 5.32 Å². The Morgan fingerprint density at radius 3 is 2.78 bits per heavy atom. The summed E-state index contributed by atoms with van der Waals surface area (Å²) in [4.78, 5) is 9.09. The summed E-state index contributed by atoms with van der Waals surface area (Å²) in [5.74, 6) is 0.969. The second-order valence-corrected chi connectivity index (χ2v) is 6.62. The molecule has 5 heteroatoms. The highest BCUT2D eigenvalue weighted by atomic mass is 32.2. The standard InChI is InChI=1S/C13H21N3S2/c1-3-8-14-11-9-12(16-13(15-11)17-2)18-10-6-4-5-7-10/h9-10H,3-8H2,1-2H3,(H,14,15,16). The highest BCUT2D eigenvalue weighted by molar-refractivity contribution is 8.00. The van der Waals surface area contributed by atoms with Gasteiger partial charge in [0.2, 0.25) is 0 Å². The van der Waals surface area contributed by atoms with Gasteiger partial charge in [-0.1, -0.05) is 31.5 Å². The molecule has 1 aliphatic rings. The first-order chi connectivity index (χ1) is 8.81. The number of hydrogen-bond donors (Lipinski definition) is 1. The second-order valence-electron chi connectivity index (χ2n) is 4.53. The number of anilines is 1. The topological polar surface area (TPSA) is 37.8 Å². The van der Waals surface area contributed by atoms with Gasteiger partial charge in [-0.3, -0.25) is 0 Å². The Balaban J connectivity index is 2.06. The van der Waals surface area contributed by atoms with Crippen molar-refractivity contribution in [2.24, 2.45) is 0 Å². The molecule has 0 aromatic carbocycles. The van der Waals surface area contributed by atoms with Crippen LogP contribution >= 0.6 is 23.5 Å². The molecule has 1 N–H and O–H groups in total. The van der Waals surface area contributed by atoms with Gasteiger partial charge in [0.25, 0.3) is 0 Å². The zero-order valence-corrected chi connectivity index (χ0v) is 12.7. The molecule has 1 fully saturated rings. The summed E-state index contributed by atoms with van der Waals surface area (Å²) in [5.41, 5.74) is 0. The Bertz CT molecular complexity index is 378. The van der Waals surface area contributed by atoms with Crippen LogP contribution in [0.4, 0.5) is 5.82 Å². The van der Waals surface area contributed by atoms with Crippen LogP contribution in [0.5, 0.6) is 0 Å². The monoisotopic (exact) mass is 283 g/mol. The van der Waals surface area contributed by atoms with E-state index in [1.807, 2.05) is 18.0 Å². The van der Waals surface area contributed by atoms with E-state index in [9.17, 15) is 0 Å². The van der Waals surface area contributed by atoms with E-state index in [2.05, 4.69) is 28.3 Å². The van der Waals surface area contributed by atoms with Crippen LogP contribution in [0.25, 0.3) is 0 Å². The summed E-state index contributed by atoms with van der Waals surface area (Å²) in [6.45, 7) is 3.14. The Kier molecular flexibility index (Phi) is 5.63. The average Bonchev–Trinajstić information content (AvgIpc) is 2.89. The molecule has 1 aromatic rings. The van der Waals surface area contributed by atoms with Gasteiger partial charge in [-0.2, -0.15) is 0 Å². The number of nitrogens with one attached hydrogen (secondary N) is 1. The molecule has 1 aromatic heterocycles. The maximum atomic E-state index is 4.60. The van der Waals surface area contributed by atoms with Crippen LogP contribution in [0, 0.1) is 0 Å². The third-order valence-corrected chi connectivity index (χ3v) is 4.81. The first kappa shape index (κ1) is 14.0. The van der Waals surface area contributed by atoms with Crippen molar-refractivity contribution >= 4 is 29.3 Å². The Hall–Kier alpha value is -0.420. The predicted molar refractivity (Wildman–Crippen MR) is 80.7 cm³/mol. The van der Waals surface area contributed by atoms with Crippen molar-refractivity contribution in [2.45, 2.75) is 54.5 Å². The summed E-state index contributed by atoms with van der Waals surface area (Å²) in [6.07, 6.45) is 8.56. The SMILES string of the molecule is CCCNc1cc(SC2CCCC2)nc(SC)n1. The smallest absolute Gasteiger partial charge is 0.190 e. The molecule has 0 atom stereocenters. The van der Waals surface area contributed by atoms with Crippen LogP contribution in [-0.2, 0) is 0 Å². The zero-order valence-electron chi connectivity index (χ0n) is 11.1. The fourth-order valence-corrected chi connectivity index (χ4v) is 3.74. The molecule has 0 aliphatic heterocycles. The lowest BCUT2D eigenvalue weighted by molar-refractivity contribution is 0.861. The van der Waals surface area contributed by atoms with Crippen molar-refractivity contribution in [1.29, 1.82) is 0 Å². The molecule has 1 saturated carbocycles. The Labute approximate surface area is 118 Å². The molecular formula is C13H21N3S2. The molecular weight excluding hydrogens is 262 g/mol. The third kappa shape index (κ3) is 4.05. The van der Waals surface area contributed by atoms with Crippen molar-refractivity contribution in [3.8, 4) is 0 Å². The van der Waals surface area contributed by atoms with Gasteiger partial charge in [0, 0.05) is 17.9 Å². The summed E-state index contributed by atoms with van der Waals surface area (Å²) >= 11 is 3.54. The van der Waals surface area contributed by atoms with E-state index in [0.29, 0.717) is 0 Å². The van der Waals surface area contributed by atoms with Gasteiger partial charge in [0.05, 0.1) is 0 Å². The van der Waals surface area contributed by atoms with Crippen LogP contribution in [0.3, 0.4) is 0 Å². The van der Waals surface area contributed by atoms with Crippen molar-refractivity contribution < 1.29 is 0 Å². The van der Waals surface area contributed by atoms with Crippen molar-refractivity contribution in [1.82, 2.24) is 9.97 Å². The van der Waals surface area contributed by atoms with Crippen LogP contribution in [-0.4, -0.2) is 28.0 Å². The van der Waals surface area contributed by atoms with E-state index in [1.165, 1.54) is 25.7 Å². The Morgan fingerprint density at radius 1 is 1.33 bits per heavy atom. The molecule has 100 valence electrons. The van der Waals surface area contributed by atoms with Crippen LogP contribution < -0.4 is 5.32 Å². The van der Waals surface area contributed by atoms with E-state index >= 15 is 0 Å². The van der Waals surface area contributed by atoms with Gasteiger partial charge in [0.15, 0.2) is 5.16 Å². The lowest BCUT2D eigenvalue weighted by Crippen LogP contribution is -2.04. The quantitative estimate of drug-likeness (QED) is 0.484. The molecule has 0 radical (unpaired) electrons. The van der Waals surface area contributed by atoms with Gasteiger partial charge in [-0.05, 0) is 25.5 Å². The van der Waals surface area contributed by atoms with Gasteiger partial charge in [-0.25, -0.2) is 9.97 Å². The summed E-state index contributed by atoms with van der Waals surface area (Å²) in [5, 5.41) is 6.11. The van der Waals surface area contributed by atoms with Crippen molar-refractivity contribution in [3.05, 3.63) is 6.07 Å². The van der Waals surface area contributed by atoms with Crippen LogP contribution in [0.15, 0.2) is 16.2 Å². The minimum absolute atomic E-state index is 0.758. The molecule has 0 saturated heterocycles. The molecule has 0 amide bonds. The van der Waals surface area contributed by atoms with E-state index in [4.69, 9.17) is 0 Å². The third-order valence-electron chi connectivity index (χ3n) is 3.01. The minimum atomic E-state index is 0.758. The highest BCUT2D eigenvalue weighted by Crippen LogP contribution is 2.34. The lowest BCUT2D eigenvalue weighted by Gasteiger charge is -2.11. The second kappa shape index (κ2) is 7.24. The lowest BCUT2D eigenvalue weighted by atomic mass is 10.4. The van der Waals surface area contributed by atoms with Gasteiger partial charge >= 0.3 is 0 Å². The molecule has 3 nitrogen and oxygen atoms in total. The molecule has 18 heavy (non-hydrogen) atoms. The summed E-state index contributed by atoms with van der Waals surface area (Å²) in [6, 6.07) is 2.10. The fourth-order valence-electron chi connectivity index (χ4n) is 2.08. The highest BCUT2D eigenvalue weighted by Gasteiger charge is 2.17. The molecule has 1 aliphatic carbocycles. The predicted octanol–water partition coefficient (Wildman–Crippen LogP) is 4.06. The first-order valence-corrected chi connectivity index (χ1v) is 8.76. The summed E-state index contributed by atoms with van der Waals surface area (Å²) < 4.78 is 0. The molecule has 0 unspecified atom stereocenters. The van der Waals surface area contributed by atoms with E-state index < -0.39 is 0 Å². The largest absolute Gasteiger partial charge is 0.370 e. The zero-order chi connectivity index (χ0) is 12.8. The van der Waals surface area contributed by atoms with E-state index in [-0.39, 0.29) is 0 Å². The van der Waals surface area contributed by atoms with Crippen molar-refractivity contribution in [3.63, 3.8) is 0 Å². The van der Waals surface area contributed by atoms with E-state index in [1.54, 1.807) is 11.8 Å². The average molecular weight is 283 g/mol. The van der Waals surface area contributed by atoms with Crippen LogP contribution in [0.2, 0.25) is 0 Å². The minimum Gasteiger partial charge on any atom is -0.370 e. The van der Waals surface area contributed by atoms with Crippen LogP contribution in [0.1, 0.15) is 39.0 Å². The maximum absolute atomic E-state index is 4.60. The van der Waals surface area contributed by atoms with Crippen molar-refractivity contribution in [2.75, 3.05) is 18.1 Å². The van der Waals surface area contributed by atoms with E-state index in [0.717, 1.165) is 34.2 Å². The number of nitrogens with zero attached hydrogens (tertiary/aromatic N) is 2. The number of rotatable bonds is 6. The van der Waals surface area contributed by atoms with Gasteiger partial charge in [0.1, 0.15) is 10.8 Å². The number of thioether (sulfide) groups is 2.